The van der Waals surface area contributed by atoms with E-state index in [1.165, 1.54) is 12.1 Å². The van der Waals surface area contributed by atoms with Crippen molar-refractivity contribution < 1.29 is 18.4 Å². The van der Waals surface area contributed by atoms with Gasteiger partial charge in [0.1, 0.15) is 17.9 Å². The van der Waals surface area contributed by atoms with Crippen molar-refractivity contribution in [3.63, 3.8) is 0 Å². The van der Waals surface area contributed by atoms with Crippen LogP contribution in [-0.2, 0) is 17.6 Å². The van der Waals surface area contributed by atoms with E-state index >= 15 is 0 Å². The van der Waals surface area contributed by atoms with E-state index in [2.05, 4.69) is 14.8 Å². The Morgan fingerprint density at radius 1 is 1.07 bits per heavy atom. The molecule has 2 aromatic carbocycles. The molecule has 27 heavy (non-hydrogen) atoms. The SMILES string of the molecule is CC(Cc1cc(F)cc(F)c1)NC(=O)NSN[C@H](C=O)Cc1ccccc1. The minimum atomic E-state index is -0.653. The van der Waals surface area contributed by atoms with E-state index < -0.39 is 23.7 Å². The van der Waals surface area contributed by atoms with Gasteiger partial charge in [-0.15, -0.1) is 0 Å². The molecule has 0 aromatic heterocycles. The van der Waals surface area contributed by atoms with Crippen LogP contribution >= 0.6 is 12.1 Å². The van der Waals surface area contributed by atoms with Crippen LogP contribution < -0.4 is 14.8 Å². The molecule has 3 N–H and O–H groups in total. The van der Waals surface area contributed by atoms with Gasteiger partial charge >= 0.3 is 6.03 Å². The molecule has 2 rings (SSSR count). The van der Waals surface area contributed by atoms with Crippen molar-refractivity contribution in [3.05, 3.63) is 71.3 Å². The largest absolute Gasteiger partial charge is 0.335 e. The molecule has 0 heterocycles. The number of halogens is 2. The number of carbonyl (C=O) groups is 2. The number of hydrogen-bond acceptors (Lipinski definition) is 4. The highest BCUT2D eigenvalue weighted by Crippen LogP contribution is 2.10. The summed E-state index contributed by atoms with van der Waals surface area (Å²) in [4.78, 5) is 23.0. The highest BCUT2D eigenvalue weighted by atomic mass is 32.2. The number of carbonyl (C=O) groups excluding carboxylic acids is 2. The van der Waals surface area contributed by atoms with Gasteiger partial charge in [-0.1, -0.05) is 30.3 Å². The maximum atomic E-state index is 13.2. The Labute approximate surface area is 161 Å². The van der Waals surface area contributed by atoms with Crippen LogP contribution in [0.4, 0.5) is 13.6 Å². The van der Waals surface area contributed by atoms with Crippen LogP contribution in [0.3, 0.4) is 0 Å². The maximum Gasteiger partial charge on any atom is 0.325 e. The third-order valence-corrected chi connectivity index (χ3v) is 4.37. The molecule has 0 spiro atoms. The Morgan fingerprint density at radius 3 is 2.37 bits per heavy atom. The molecule has 0 bridgehead atoms. The second-order valence-corrected chi connectivity index (χ2v) is 6.75. The lowest BCUT2D eigenvalue weighted by Crippen LogP contribution is -2.41. The lowest BCUT2D eigenvalue weighted by atomic mass is 10.1. The number of hydrogen-bond donors (Lipinski definition) is 3. The van der Waals surface area contributed by atoms with Gasteiger partial charge in [-0.3, -0.25) is 4.72 Å². The summed E-state index contributed by atoms with van der Waals surface area (Å²) >= 11 is 0.903. The maximum absolute atomic E-state index is 13.2. The molecule has 0 saturated heterocycles. The molecule has 0 aliphatic rings. The summed E-state index contributed by atoms with van der Waals surface area (Å²) < 4.78 is 31.8. The van der Waals surface area contributed by atoms with E-state index in [0.29, 0.717) is 12.0 Å². The van der Waals surface area contributed by atoms with Gasteiger partial charge in [-0.05, 0) is 43.0 Å². The topological polar surface area (TPSA) is 70.2 Å². The number of benzene rings is 2. The van der Waals surface area contributed by atoms with Gasteiger partial charge in [0.15, 0.2) is 0 Å². The summed E-state index contributed by atoms with van der Waals surface area (Å²) in [7, 11) is 0. The van der Waals surface area contributed by atoms with Gasteiger partial charge in [0.25, 0.3) is 0 Å². The van der Waals surface area contributed by atoms with Gasteiger partial charge in [0, 0.05) is 24.2 Å². The zero-order chi connectivity index (χ0) is 19.6. The van der Waals surface area contributed by atoms with Crippen LogP contribution in [0.25, 0.3) is 0 Å². The third-order valence-electron chi connectivity index (χ3n) is 3.66. The van der Waals surface area contributed by atoms with Crippen LogP contribution in [0, 0.1) is 11.6 Å². The summed E-state index contributed by atoms with van der Waals surface area (Å²) in [6.45, 7) is 1.73. The zero-order valence-corrected chi connectivity index (χ0v) is 15.6. The van der Waals surface area contributed by atoms with Crippen LogP contribution in [0.2, 0.25) is 0 Å². The Kier molecular flexibility index (Phi) is 8.22. The quantitative estimate of drug-likeness (QED) is 0.452. The van der Waals surface area contributed by atoms with Crippen molar-refractivity contribution >= 4 is 24.5 Å². The number of urea groups is 1. The predicted molar refractivity (Wildman–Crippen MR) is 102 cm³/mol. The fraction of sp³-hybridized carbons (Fsp3) is 0.263. The summed E-state index contributed by atoms with van der Waals surface area (Å²) in [6, 6.07) is 11.5. The third kappa shape index (κ3) is 7.76. The molecule has 2 amide bonds. The predicted octanol–water partition coefficient (Wildman–Crippen LogP) is 3.16. The molecular formula is C19H21F2N3O2S. The number of rotatable bonds is 9. The Bertz CT molecular complexity index is 742. The van der Waals surface area contributed by atoms with Crippen molar-refractivity contribution in [1.29, 1.82) is 0 Å². The van der Waals surface area contributed by atoms with Gasteiger partial charge in [-0.25, -0.2) is 18.3 Å². The first-order valence-electron chi connectivity index (χ1n) is 8.38. The fourth-order valence-electron chi connectivity index (χ4n) is 2.52. The molecular weight excluding hydrogens is 372 g/mol. The summed E-state index contributed by atoms with van der Waals surface area (Å²) in [6.07, 6.45) is 1.56. The molecule has 5 nitrogen and oxygen atoms in total. The first-order valence-corrected chi connectivity index (χ1v) is 9.20. The molecule has 2 aromatic rings. The molecule has 144 valence electrons. The van der Waals surface area contributed by atoms with Gasteiger partial charge < -0.3 is 10.1 Å². The standard InChI is InChI=1S/C19H21F2N3O2S/c1-13(7-15-8-16(20)11-17(21)9-15)22-19(26)24-27-23-18(12-25)10-14-5-3-2-4-6-14/h2-6,8-9,11-13,18,23H,7,10H2,1H3,(H2,22,24,26)/t13?,18-/m0/s1. The van der Waals surface area contributed by atoms with Crippen molar-refractivity contribution in [3.8, 4) is 0 Å². The van der Waals surface area contributed by atoms with E-state index in [-0.39, 0.29) is 12.5 Å². The molecule has 0 fully saturated rings. The van der Waals surface area contributed by atoms with Gasteiger partial charge in [0.2, 0.25) is 0 Å². The van der Waals surface area contributed by atoms with E-state index in [1.807, 2.05) is 30.3 Å². The van der Waals surface area contributed by atoms with Crippen molar-refractivity contribution in [2.45, 2.75) is 31.8 Å². The first kappa shape index (κ1) is 20.9. The van der Waals surface area contributed by atoms with Crippen LogP contribution in [0.1, 0.15) is 18.1 Å². The van der Waals surface area contributed by atoms with E-state index in [0.717, 1.165) is 30.0 Å². The highest BCUT2D eigenvalue weighted by molar-refractivity contribution is 7.96. The summed E-state index contributed by atoms with van der Waals surface area (Å²) in [5.41, 5.74) is 1.46. The fourth-order valence-corrected chi connectivity index (χ4v) is 3.02. The molecule has 0 saturated carbocycles. The number of nitrogens with one attached hydrogen (secondary N) is 3. The van der Waals surface area contributed by atoms with Crippen LogP contribution in [-0.4, -0.2) is 24.4 Å². The lowest BCUT2D eigenvalue weighted by Gasteiger charge is -2.16. The summed E-state index contributed by atoms with van der Waals surface area (Å²) in [5, 5.41) is 2.66. The Hall–Kier alpha value is -2.45. The molecule has 1 unspecified atom stereocenters. The average molecular weight is 393 g/mol. The zero-order valence-electron chi connectivity index (χ0n) is 14.7. The van der Waals surface area contributed by atoms with E-state index in [4.69, 9.17) is 0 Å². The summed E-state index contributed by atoms with van der Waals surface area (Å²) in [5.74, 6) is -1.31. The van der Waals surface area contributed by atoms with Crippen molar-refractivity contribution in [1.82, 2.24) is 14.8 Å². The van der Waals surface area contributed by atoms with Crippen molar-refractivity contribution in [2.24, 2.45) is 0 Å². The monoisotopic (exact) mass is 393 g/mol. The molecule has 0 aliphatic carbocycles. The second kappa shape index (κ2) is 10.6. The molecule has 2 atom stereocenters. The second-order valence-electron chi connectivity index (χ2n) is 6.11. The lowest BCUT2D eigenvalue weighted by molar-refractivity contribution is -0.109. The number of aldehydes is 1. The Morgan fingerprint density at radius 2 is 1.74 bits per heavy atom. The first-order chi connectivity index (χ1) is 13.0. The number of amides is 2. The smallest absolute Gasteiger partial charge is 0.325 e. The minimum absolute atomic E-state index is 0.283. The van der Waals surface area contributed by atoms with Crippen molar-refractivity contribution in [2.75, 3.05) is 0 Å². The van der Waals surface area contributed by atoms with Gasteiger partial charge in [0.05, 0.1) is 6.04 Å². The highest BCUT2D eigenvalue weighted by Gasteiger charge is 2.12. The van der Waals surface area contributed by atoms with Crippen LogP contribution in [0.15, 0.2) is 48.5 Å². The molecule has 0 aliphatic heterocycles. The average Bonchev–Trinajstić information content (AvgIpc) is 2.60. The van der Waals surface area contributed by atoms with E-state index in [1.54, 1.807) is 6.92 Å². The minimum Gasteiger partial charge on any atom is -0.335 e. The Balaban J connectivity index is 1.72. The molecule has 0 radical (unpaired) electrons. The van der Waals surface area contributed by atoms with E-state index in [9.17, 15) is 18.4 Å². The molecule has 8 heteroatoms. The van der Waals surface area contributed by atoms with Gasteiger partial charge in [-0.2, -0.15) is 0 Å². The van der Waals surface area contributed by atoms with Crippen LogP contribution in [0.5, 0.6) is 0 Å². The normalized spacial score (nSPS) is 12.9.